The van der Waals surface area contributed by atoms with Crippen molar-refractivity contribution in [1.82, 2.24) is 5.32 Å². The van der Waals surface area contributed by atoms with Crippen LogP contribution in [0.2, 0.25) is 0 Å². The van der Waals surface area contributed by atoms with E-state index in [9.17, 15) is 9.90 Å². The summed E-state index contributed by atoms with van der Waals surface area (Å²) >= 11 is 0. The molecule has 1 fully saturated rings. The average Bonchev–Trinajstić information content (AvgIpc) is 3.46. The lowest BCUT2D eigenvalue weighted by atomic mass is 10.3. The standard InChI is InChI=1S/C18H27NO6/c1-12(24-10-13-7-8-13)18(21)19-9-14(20)11-25-17-15(22-2)5-4-6-16(17)23-3/h4-6,12-14,20H,7-11H2,1-3H3,(H,19,21). The zero-order valence-electron chi connectivity index (χ0n) is 15.0. The molecule has 2 rings (SSSR count). The van der Waals surface area contributed by atoms with Crippen LogP contribution >= 0.6 is 0 Å². The van der Waals surface area contributed by atoms with Crippen molar-refractivity contribution < 1.29 is 28.8 Å². The first kappa shape index (κ1) is 19.3. The van der Waals surface area contributed by atoms with Gasteiger partial charge in [0.05, 0.1) is 20.8 Å². The Labute approximate surface area is 148 Å². The molecule has 0 aliphatic heterocycles. The highest BCUT2D eigenvalue weighted by molar-refractivity contribution is 5.80. The number of para-hydroxylation sites is 1. The van der Waals surface area contributed by atoms with Crippen molar-refractivity contribution in [3.05, 3.63) is 18.2 Å². The van der Waals surface area contributed by atoms with Crippen LogP contribution in [-0.2, 0) is 9.53 Å². The summed E-state index contributed by atoms with van der Waals surface area (Å²) in [5, 5.41) is 12.7. The molecule has 2 atom stereocenters. The number of carbonyl (C=O) groups excluding carboxylic acids is 1. The third kappa shape index (κ3) is 6.10. The van der Waals surface area contributed by atoms with Crippen LogP contribution in [0, 0.1) is 5.92 Å². The fraction of sp³-hybridized carbons (Fsp3) is 0.611. The first-order valence-electron chi connectivity index (χ1n) is 8.46. The molecule has 7 nitrogen and oxygen atoms in total. The van der Waals surface area contributed by atoms with E-state index >= 15 is 0 Å². The van der Waals surface area contributed by atoms with Crippen LogP contribution in [-0.4, -0.2) is 57.2 Å². The SMILES string of the molecule is COc1cccc(OC)c1OCC(O)CNC(=O)C(C)OCC1CC1. The summed E-state index contributed by atoms with van der Waals surface area (Å²) in [5.74, 6) is 1.80. The van der Waals surface area contributed by atoms with Crippen molar-refractivity contribution in [2.75, 3.05) is 34.0 Å². The molecule has 1 aromatic rings. The van der Waals surface area contributed by atoms with Gasteiger partial charge in [-0.2, -0.15) is 0 Å². The van der Waals surface area contributed by atoms with Crippen LogP contribution in [0.1, 0.15) is 19.8 Å². The molecular weight excluding hydrogens is 326 g/mol. The quantitative estimate of drug-likeness (QED) is 0.625. The Morgan fingerprint density at radius 2 is 1.92 bits per heavy atom. The van der Waals surface area contributed by atoms with E-state index < -0.39 is 12.2 Å². The zero-order chi connectivity index (χ0) is 18.2. The van der Waals surface area contributed by atoms with Gasteiger partial charge < -0.3 is 29.4 Å². The van der Waals surface area contributed by atoms with E-state index in [2.05, 4.69) is 5.32 Å². The van der Waals surface area contributed by atoms with Gasteiger partial charge in [-0.1, -0.05) is 6.07 Å². The maximum Gasteiger partial charge on any atom is 0.248 e. The van der Waals surface area contributed by atoms with Crippen molar-refractivity contribution in [2.45, 2.75) is 32.0 Å². The fourth-order valence-electron chi connectivity index (χ4n) is 2.20. The first-order chi connectivity index (χ1) is 12.0. The number of ether oxygens (including phenoxy) is 4. The summed E-state index contributed by atoms with van der Waals surface area (Å²) < 4.78 is 21.6. The number of methoxy groups -OCH3 is 2. The Hall–Kier alpha value is -1.99. The predicted molar refractivity (Wildman–Crippen MR) is 92.2 cm³/mol. The van der Waals surface area contributed by atoms with Crippen LogP contribution in [0.25, 0.3) is 0 Å². The molecule has 1 aliphatic rings. The smallest absolute Gasteiger partial charge is 0.248 e. The van der Waals surface area contributed by atoms with Crippen molar-refractivity contribution in [3.63, 3.8) is 0 Å². The lowest BCUT2D eigenvalue weighted by molar-refractivity contribution is -0.132. The molecule has 2 N–H and O–H groups in total. The van der Waals surface area contributed by atoms with Gasteiger partial charge in [0, 0.05) is 6.54 Å². The fourth-order valence-corrected chi connectivity index (χ4v) is 2.20. The third-order valence-corrected chi connectivity index (χ3v) is 3.96. The third-order valence-electron chi connectivity index (χ3n) is 3.96. The van der Waals surface area contributed by atoms with E-state index in [4.69, 9.17) is 18.9 Å². The summed E-state index contributed by atoms with van der Waals surface area (Å²) in [5.41, 5.74) is 0. The number of hydrogen-bond donors (Lipinski definition) is 2. The summed E-state index contributed by atoms with van der Waals surface area (Å²) in [4.78, 5) is 11.9. The van der Waals surface area contributed by atoms with Crippen molar-refractivity contribution >= 4 is 5.91 Å². The van der Waals surface area contributed by atoms with Crippen molar-refractivity contribution in [2.24, 2.45) is 5.92 Å². The van der Waals surface area contributed by atoms with Gasteiger partial charge in [-0.15, -0.1) is 0 Å². The van der Waals surface area contributed by atoms with Crippen LogP contribution in [0.5, 0.6) is 17.2 Å². The molecule has 1 aliphatic carbocycles. The minimum absolute atomic E-state index is 0.00563. The number of nitrogens with one attached hydrogen (secondary N) is 1. The summed E-state index contributed by atoms with van der Waals surface area (Å²) in [6, 6.07) is 5.26. The lowest BCUT2D eigenvalue weighted by Crippen LogP contribution is -2.40. The predicted octanol–water partition coefficient (Wildman–Crippen LogP) is 1.37. The minimum atomic E-state index is -0.866. The highest BCUT2D eigenvalue weighted by Gasteiger charge is 2.24. The number of benzene rings is 1. The van der Waals surface area contributed by atoms with E-state index in [0.29, 0.717) is 29.8 Å². The molecule has 2 unspecified atom stereocenters. The second-order valence-electron chi connectivity index (χ2n) is 6.12. The van der Waals surface area contributed by atoms with Gasteiger partial charge in [0.2, 0.25) is 11.7 Å². The molecule has 140 valence electrons. The molecule has 0 spiro atoms. The maximum atomic E-state index is 11.9. The Morgan fingerprint density at radius 3 is 2.48 bits per heavy atom. The molecule has 0 heterocycles. The largest absolute Gasteiger partial charge is 0.493 e. The topological polar surface area (TPSA) is 86.3 Å². The molecule has 1 amide bonds. The van der Waals surface area contributed by atoms with Crippen LogP contribution in [0.4, 0.5) is 0 Å². The lowest BCUT2D eigenvalue weighted by Gasteiger charge is -2.18. The van der Waals surface area contributed by atoms with Crippen LogP contribution in [0.3, 0.4) is 0 Å². The number of amides is 1. The van der Waals surface area contributed by atoms with E-state index in [1.807, 2.05) is 0 Å². The molecule has 0 aromatic heterocycles. The second kappa shape index (κ2) is 9.48. The number of carbonyl (C=O) groups is 1. The molecule has 1 saturated carbocycles. The summed E-state index contributed by atoms with van der Waals surface area (Å²) in [6.45, 7) is 2.40. The Morgan fingerprint density at radius 1 is 1.28 bits per heavy atom. The highest BCUT2D eigenvalue weighted by Crippen LogP contribution is 2.36. The Bertz CT molecular complexity index is 538. The molecule has 25 heavy (non-hydrogen) atoms. The number of aliphatic hydroxyl groups excluding tert-OH is 1. The average molecular weight is 353 g/mol. The minimum Gasteiger partial charge on any atom is -0.493 e. The zero-order valence-corrected chi connectivity index (χ0v) is 15.0. The van der Waals surface area contributed by atoms with Crippen LogP contribution in [0.15, 0.2) is 18.2 Å². The highest BCUT2D eigenvalue weighted by atomic mass is 16.5. The Kier molecular flexibility index (Phi) is 7.33. The van der Waals surface area contributed by atoms with E-state index in [1.54, 1.807) is 25.1 Å². The summed E-state index contributed by atoms with van der Waals surface area (Å²) in [7, 11) is 3.06. The number of hydrogen-bond acceptors (Lipinski definition) is 6. The molecule has 0 bridgehead atoms. The normalized spacial score (nSPS) is 16.0. The molecule has 0 radical (unpaired) electrons. The van der Waals surface area contributed by atoms with Gasteiger partial charge in [0.1, 0.15) is 18.8 Å². The number of aliphatic hydroxyl groups is 1. The molecule has 1 aromatic carbocycles. The van der Waals surface area contributed by atoms with Gasteiger partial charge in [-0.05, 0) is 37.8 Å². The van der Waals surface area contributed by atoms with Gasteiger partial charge in [0.25, 0.3) is 0 Å². The van der Waals surface area contributed by atoms with Crippen molar-refractivity contribution in [1.29, 1.82) is 0 Å². The van der Waals surface area contributed by atoms with Gasteiger partial charge in [-0.25, -0.2) is 0 Å². The van der Waals surface area contributed by atoms with E-state index in [-0.39, 0.29) is 19.1 Å². The number of rotatable bonds is 11. The monoisotopic (exact) mass is 353 g/mol. The van der Waals surface area contributed by atoms with Crippen LogP contribution < -0.4 is 19.5 Å². The molecular formula is C18H27NO6. The van der Waals surface area contributed by atoms with Gasteiger partial charge >= 0.3 is 0 Å². The maximum absolute atomic E-state index is 11.9. The van der Waals surface area contributed by atoms with Crippen molar-refractivity contribution in [3.8, 4) is 17.2 Å². The van der Waals surface area contributed by atoms with E-state index in [1.165, 1.54) is 27.1 Å². The van der Waals surface area contributed by atoms with E-state index in [0.717, 1.165) is 0 Å². The first-order valence-corrected chi connectivity index (χ1v) is 8.46. The summed E-state index contributed by atoms with van der Waals surface area (Å²) in [6.07, 6.45) is 0.963. The molecule has 7 heteroatoms. The van der Waals surface area contributed by atoms with Gasteiger partial charge in [0.15, 0.2) is 11.5 Å². The second-order valence-corrected chi connectivity index (χ2v) is 6.12. The Balaban J connectivity index is 1.74. The van der Waals surface area contributed by atoms with Gasteiger partial charge in [-0.3, -0.25) is 4.79 Å². The molecule has 0 saturated heterocycles.